The van der Waals surface area contributed by atoms with E-state index in [2.05, 4.69) is 5.32 Å². The summed E-state index contributed by atoms with van der Waals surface area (Å²) in [5.74, 6) is -1.26. The van der Waals surface area contributed by atoms with Crippen LogP contribution in [-0.2, 0) is 0 Å². The minimum Gasteiger partial charge on any atom is -0.478 e. The zero-order valence-corrected chi connectivity index (χ0v) is 11.2. The first-order valence-corrected chi connectivity index (χ1v) is 6.87. The number of carboxylic acid groups (broad SMARTS) is 1. The number of benzene rings is 1. The van der Waals surface area contributed by atoms with Gasteiger partial charge in [0.05, 0.1) is 11.7 Å². The van der Waals surface area contributed by atoms with Gasteiger partial charge in [-0.3, -0.25) is 4.79 Å². The fraction of sp³-hybridized carbons (Fsp3) is 0.467. The minimum atomic E-state index is -1.05. The number of carbonyl (C=O) groups excluding carboxylic acids is 1. The Kier molecular flexibility index (Phi) is 4.74. The van der Waals surface area contributed by atoms with Crippen LogP contribution in [0, 0.1) is 5.92 Å². The molecule has 1 aliphatic rings. The maximum Gasteiger partial charge on any atom is 0.335 e. The zero-order chi connectivity index (χ0) is 14.5. The Balaban J connectivity index is 1.94. The second-order valence-electron chi connectivity index (χ2n) is 5.21. The maximum absolute atomic E-state index is 12.0. The third-order valence-electron chi connectivity index (χ3n) is 3.77. The van der Waals surface area contributed by atoms with E-state index in [1.807, 2.05) is 0 Å². The number of carboxylic acids is 1. The summed E-state index contributed by atoms with van der Waals surface area (Å²) in [6, 6.07) is 5.94. The first-order valence-electron chi connectivity index (χ1n) is 6.87. The molecule has 2 rings (SSSR count). The van der Waals surface area contributed by atoms with E-state index in [4.69, 9.17) is 5.11 Å². The smallest absolute Gasteiger partial charge is 0.335 e. The summed E-state index contributed by atoms with van der Waals surface area (Å²) in [4.78, 5) is 22.8. The molecule has 0 bridgehead atoms. The molecule has 1 fully saturated rings. The Bertz CT molecular complexity index is 500. The first-order chi connectivity index (χ1) is 9.58. The van der Waals surface area contributed by atoms with Crippen molar-refractivity contribution in [3.63, 3.8) is 0 Å². The van der Waals surface area contributed by atoms with Gasteiger partial charge in [0, 0.05) is 18.0 Å². The van der Waals surface area contributed by atoms with Crippen molar-refractivity contribution in [1.29, 1.82) is 0 Å². The number of aliphatic hydroxyl groups is 1. The van der Waals surface area contributed by atoms with E-state index in [1.165, 1.54) is 12.1 Å². The predicted octanol–water partition coefficient (Wildman–Crippen LogP) is 1.67. The van der Waals surface area contributed by atoms with Crippen molar-refractivity contribution in [2.24, 2.45) is 5.92 Å². The lowest BCUT2D eigenvalue weighted by Crippen LogP contribution is -2.36. The molecule has 1 saturated carbocycles. The zero-order valence-electron chi connectivity index (χ0n) is 11.2. The Morgan fingerprint density at radius 2 is 1.90 bits per heavy atom. The molecule has 0 saturated heterocycles. The standard InChI is InChI=1S/C15H19NO4/c17-13-7-2-1-4-12(13)9-16-14(18)10-5-3-6-11(8-10)15(19)20/h3,5-6,8,12-13,17H,1-2,4,7,9H2,(H,16,18)(H,19,20)/t12-,13+/m1/s1. The van der Waals surface area contributed by atoms with Gasteiger partial charge in [-0.2, -0.15) is 0 Å². The van der Waals surface area contributed by atoms with Crippen molar-refractivity contribution in [3.05, 3.63) is 35.4 Å². The van der Waals surface area contributed by atoms with Crippen molar-refractivity contribution in [2.45, 2.75) is 31.8 Å². The molecule has 5 nitrogen and oxygen atoms in total. The van der Waals surface area contributed by atoms with Crippen LogP contribution in [0.4, 0.5) is 0 Å². The van der Waals surface area contributed by atoms with Gasteiger partial charge in [-0.05, 0) is 31.0 Å². The molecule has 0 radical (unpaired) electrons. The van der Waals surface area contributed by atoms with E-state index < -0.39 is 5.97 Å². The topological polar surface area (TPSA) is 86.6 Å². The summed E-state index contributed by atoms with van der Waals surface area (Å²) in [7, 11) is 0. The van der Waals surface area contributed by atoms with Gasteiger partial charge in [-0.15, -0.1) is 0 Å². The summed E-state index contributed by atoms with van der Waals surface area (Å²) in [6.45, 7) is 0.428. The Labute approximate surface area is 117 Å². The molecule has 1 aromatic carbocycles. The number of amides is 1. The van der Waals surface area contributed by atoms with Crippen LogP contribution in [0.3, 0.4) is 0 Å². The summed E-state index contributed by atoms with van der Waals surface area (Å²) in [5.41, 5.74) is 0.422. The third-order valence-corrected chi connectivity index (χ3v) is 3.77. The lowest BCUT2D eigenvalue weighted by molar-refractivity contribution is 0.0662. The number of hydrogen-bond acceptors (Lipinski definition) is 3. The first kappa shape index (κ1) is 14.5. The second kappa shape index (κ2) is 6.52. The molecule has 5 heteroatoms. The van der Waals surface area contributed by atoms with Gasteiger partial charge in [0.2, 0.25) is 0 Å². The fourth-order valence-corrected chi connectivity index (χ4v) is 2.55. The van der Waals surface area contributed by atoms with Gasteiger partial charge in [0.25, 0.3) is 5.91 Å². The molecule has 2 atom stereocenters. The van der Waals surface area contributed by atoms with Crippen LogP contribution in [-0.4, -0.2) is 34.7 Å². The van der Waals surface area contributed by atoms with Gasteiger partial charge < -0.3 is 15.5 Å². The number of rotatable bonds is 4. The van der Waals surface area contributed by atoms with Crippen LogP contribution in [0.5, 0.6) is 0 Å². The Morgan fingerprint density at radius 3 is 2.60 bits per heavy atom. The molecule has 0 heterocycles. The van der Waals surface area contributed by atoms with Gasteiger partial charge in [0.1, 0.15) is 0 Å². The summed E-state index contributed by atoms with van der Waals surface area (Å²) >= 11 is 0. The quantitative estimate of drug-likeness (QED) is 0.781. The Hall–Kier alpha value is -1.88. The highest BCUT2D eigenvalue weighted by atomic mass is 16.4. The van der Waals surface area contributed by atoms with E-state index in [1.54, 1.807) is 12.1 Å². The van der Waals surface area contributed by atoms with E-state index in [0.29, 0.717) is 12.1 Å². The number of aliphatic hydroxyl groups excluding tert-OH is 1. The average Bonchev–Trinajstić information content (AvgIpc) is 2.46. The lowest BCUT2D eigenvalue weighted by atomic mass is 9.86. The molecule has 0 unspecified atom stereocenters. The van der Waals surface area contributed by atoms with Crippen LogP contribution in [0.15, 0.2) is 24.3 Å². The number of hydrogen-bond donors (Lipinski definition) is 3. The number of nitrogens with one attached hydrogen (secondary N) is 1. The summed E-state index contributed by atoms with van der Waals surface area (Å²) < 4.78 is 0. The number of carbonyl (C=O) groups is 2. The highest BCUT2D eigenvalue weighted by Gasteiger charge is 2.23. The van der Waals surface area contributed by atoms with E-state index in [-0.39, 0.29) is 23.5 Å². The maximum atomic E-state index is 12.0. The minimum absolute atomic E-state index is 0.0929. The fourth-order valence-electron chi connectivity index (χ4n) is 2.55. The molecule has 0 aromatic heterocycles. The number of aromatic carboxylic acids is 1. The molecule has 1 amide bonds. The average molecular weight is 277 g/mol. The molecule has 1 aliphatic carbocycles. The normalized spacial score (nSPS) is 22.2. The lowest BCUT2D eigenvalue weighted by Gasteiger charge is -2.27. The van der Waals surface area contributed by atoms with Gasteiger partial charge in [-0.1, -0.05) is 18.9 Å². The summed E-state index contributed by atoms with van der Waals surface area (Å²) in [6.07, 6.45) is 3.46. The van der Waals surface area contributed by atoms with Crippen LogP contribution in [0.25, 0.3) is 0 Å². The van der Waals surface area contributed by atoms with Crippen LogP contribution in [0.1, 0.15) is 46.4 Å². The molecule has 3 N–H and O–H groups in total. The molecule has 1 aromatic rings. The van der Waals surface area contributed by atoms with E-state index in [0.717, 1.165) is 25.7 Å². The monoisotopic (exact) mass is 277 g/mol. The summed E-state index contributed by atoms with van der Waals surface area (Å²) in [5, 5.41) is 21.5. The highest BCUT2D eigenvalue weighted by molar-refractivity contribution is 5.97. The van der Waals surface area contributed by atoms with Crippen molar-refractivity contribution < 1.29 is 19.8 Å². The largest absolute Gasteiger partial charge is 0.478 e. The Morgan fingerprint density at radius 1 is 1.20 bits per heavy atom. The van der Waals surface area contributed by atoms with Crippen LogP contribution < -0.4 is 5.32 Å². The van der Waals surface area contributed by atoms with Gasteiger partial charge in [-0.25, -0.2) is 4.79 Å². The highest BCUT2D eigenvalue weighted by Crippen LogP contribution is 2.23. The van der Waals surface area contributed by atoms with Crippen molar-refractivity contribution >= 4 is 11.9 Å². The molecule has 0 aliphatic heterocycles. The van der Waals surface area contributed by atoms with Crippen molar-refractivity contribution in [2.75, 3.05) is 6.54 Å². The van der Waals surface area contributed by atoms with Gasteiger partial charge >= 0.3 is 5.97 Å². The third kappa shape index (κ3) is 3.57. The van der Waals surface area contributed by atoms with Crippen molar-refractivity contribution in [3.8, 4) is 0 Å². The molecule has 108 valence electrons. The SMILES string of the molecule is O=C(O)c1cccc(C(=O)NC[C@H]2CCCC[C@@H]2O)c1. The molecular weight excluding hydrogens is 258 g/mol. The van der Waals surface area contributed by atoms with Crippen LogP contribution >= 0.6 is 0 Å². The van der Waals surface area contributed by atoms with E-state index >= 15 is 0 Å². The van der Waals surface area contributed by atoms with Gasteiger partial charge in [0.15, 0.2) is 0 Å². The van der Waals surface area contributed by atoms with E-state index in [9.17, 15) is 14.7 Å². The van der Waals surface area contributed by atoms with Crippen LogP contribution in [0.2, 0.25) is 0 Å². The van der Waals surface area contributed by atoms with Crippen molar-refractivity contribution in [1.82, 2.24) is 5.32 Å². The second-order valence-corrected chi connectivity index (χ2v) is 5.21. The molecule has 0 spiro atoms. The molecular formula is C15H19NO4. The predicted molar refractivity (Wildman–Crippen MR) is 73.7 cm³/mol. The molecule has 20 heavy (non-hydrogen) atoms.